The number of halogens is 1. The summed E-state index contributed by atoms with van der Waals surface area (Å²) in [7, 11) is 0. The summed E-state index contributed by atoms with van der Waals surface area (Å²) in [5, 5.41) is 10.6. The average molecular weight is 581 g/mol. The fourth-order valence-electron chi connectivity index (χ4n) is 4.56. The van der Waals surface area contributed by atoms with Crippen LogP contribution >= 0.6 is 11.6 Å². The Bertz CT molecular complexity index is 1640. The van der Waals surface area contributed by atoms with E-state index in [2.05, 4.69) is 13.0 Å². The van der Waals surface area contributed by atoms with Gasteiger partial charge in [0.15, 0.2) is 0 Å². The van der Waals surface area contributed by atoms with Gasteiger partial charge >= 0.3 is 5.97 Å². The summed E-state index contributed by atoms with van der Waals surface area (Å²) < 4.78 is 23.1. The molecule has 0 spiro atoms. The molecule has 1 aliphatic rings. The van der Waals surface area contributed by atoms with Gasteiger partial charge in [0.25, 0.3) is 0 Å². The number of unbranched alkanes of at least 4 members (excludes halogenated alkanes) is 1. The van der Waals surface area contributed by atoms with Crippen LogP contribution in [0.3, 0.4) is 0 Å². The molecule has 0 radical (unpaired) electrons. The van der Waals surface area contributed by atoms with Gasteiger partial charge in [-0.3, -0.25) is 0 Å². The van der Waals surface area contributed by atoms with E-state index in [-0.39, 0.29) is 11.6 Å². The third kappa shape index (κ3) is 6.68. The summed E-state index contributed by atoms with van der Waals surface area (Å²) in [6.45, 7) is 3.06. The lowest BCUT2D eigenvalue weighted by atomic mass is 9.83. The molecule has 1 unspecified atom stereocenters. The van der Waals surface area contributed by atoms with Crippen LogP contribution in [0.25, 0.3) is 0 Å². The molecule has 7 nitrogen and oxygen atoms in total. The predicted molar refractivity (Wildman–Crippen MR) is 160 cm³/mol. The van der Waals surface area contributed by atoms with Crippen molar-refractivity contribution in [1.82, 2.24) is 0 Å². The molecular weight excluding hydrogens is 552 g/mol. The molecule has 4 aromatic carbocycles. The van der Waals surface area contributed by atoms with Gasteiger partial charge < -0.3 is 24.7 Å². The van der Waals surface area contributed by atoms with E-state index in [9.17, 15) is 10.1 Å². The van der Waals surface area contributed by atoms with E-state index in [1.54, 1.807) is 42.5 Å². The highest BCUT2D eigenvalue weighted by atomic mass is 35.5. The van der Waals surface area contributed by atoms with Crippen LogP contribution in [0.15, 0.2) is 102 Å². The topological polar surface area (TPSA) is 104 Å². The van der Waals surface area contributed by atoms with Crippen LogP contribution in [0.4, 0.5) is 0 Å². The normalized spacial score (nSPS) is 13.9. The number of esters is 1. The second kappa shape index (κ2) is 13.2. The van der Waals surface area contributed by atoms with E-state index >= 15 is 0 Å². The number of allylic oxidation sites excluding steroid dienone is 1. The molecule has 0 fully saturated rings. The molecule has 0 saturated carbocycles. The van der Waals surface area contributed by atoms with Gasteiger partial charge in [0.1, 0.15) is 41.2 Å². The highest BCUT2D eigenvalue weighted by Crippen LogP contribution is 2.43. The fraction of sp³-hybridized carbons (Fsp3) is 0.176. The van der Waals surface area contributed by atoms with E-state index in [0.717, 1.165) is 29.5 Å². The zero-order valence-electron chi connectivity index (χ0n) is 23.0. The Morgan fingerprint density at radius 1 is 0.952 bits per heavy atom. The molecule has 5 rings (SSSR count). The number of fused-ring (bicyclic) bond motifs is 1. The lowest BCUT2D eigenvalue weighted by molar-refractivity contribution is 0.0734. The molecule has 0 saturated heterocycles. The molecule has 1 atom stereocenters. The number of ether oxygens (including phenoxy) is 4. The van der Waals surface area contributed by atoms with Crippen LogP contribution in [0, 0.1) is 11.3 Å². The Morgan fingerprint density at radius 2 is 1.71 bits per heavy atom. The van der Waals surface area contributed by atoms with Gasteiger partial charge in [-0.15, -0.1) is 0 Å². The minimum absolute atomic E-state index is 0.00142. The molecule has 8 heteroatoms. The highest BCUT2D eigenvalue weighted by molar-refractivity contribution is 6.30. The van der Waals surface area contributed by atoms with Gasteiger partial charge in [-0.1, -0.05) is 61.3 Å². The van der Waals surface area contributed by atoms with Crippen molar-refractivity contribution >= 4 is 17.6 Å². The lowest BCUT2D eigenvalue weighted by Crippen LogP contribution is -2.21. The monoisotopic (exact) mass is 580 g/mol. The Balaban J connectivity index is 1.32. The fourth-order valence-corrected chi connectivity index (χ4v) is 4.69. The zero-order chi connectivity index (χ0) is 29.5. The number of rotatable bonds is 10. The summed E-state index contributed by atoms with van der Waals surface area (Å²) in [6, 6.07) is 29.1. The molecule has 0 aromatic heterocycles. The van der Waals surface area contributed by atoms with Crippen molar-refractivity contribution < 1.29 is 23.7 Å². The molecule has 212 valence electrons. The Hall–Kier alpha value is -4.93. The van der Waals surface area contributed by atoms with Crippen LogP contribution in [-0.2, 0) is 6.61 Å². The number of carbonyl (C=O) groups excluding carboxylic acids is 1. The van der Waals surface area contributed by atoms with Gasteiger partial charge in [0.2, 0.25) is 5.88 Å². The van der Waals surface area contributed by atoms with Gasteiger partial charge in [0.05, 0.1) is 18.1 Å². The maximum atomic E-state index is 12.9. The first-order valence-corrected chi connectivity index (χ1v) is 14.0. The number of hydrogen-bond donors (Lipinski definition) is 1. The van der Waals surface area contributed by atoms with E-state index in [0.29, 0.717) is 46.6 Å². The van der Waals surface area contributed by atoms with Gasteiger partial charge in [-0.2, -0.15) is 5.26 Å². The van der Waals surface area contributed by atoms with Crippen molar-refractivity contribution in [2.45, 2.75) is 32.3 Å². The van der Waals surface area contributed by atoms with Crippen LogP contribution in [-0.4, -0.2) is 12.6 Å². The standard InChI is InChI=1S/C34H29ClN2O5/c1-2-3-17-39-27-6-4-5-24(18-27)34(38)41-28-15-16-29-31(19-28)42-33(37)30(20-36)32(29)23-9-13-26(14-10-23)40-21-22-7-11-25(35)12-8-22/h4-16,18-19,32H,2-3,17,21,37H2,1H3. The Labute approximate surface area is 249 Å². The lowest BCUT2D eigenvalue weighted by Gasteiger charge is -2.26. The summed E-state index contributed by atoms with van der Waals surface area (Å²) in [4.78, 5) is 12.9. The Morgan fingerprint density at radius 3 is 2.45 bits per heavy atom. The van der Waals surface area contributed by atoms with Gasteiger partial charge in [0, 0.05) is 16.7 Å². The number of carbonyl (C=O) groups is 1. The number of nitrogens with zero attached hydrogens (tertiary/aromatic N) is 1. The second-order valence-electron chi connectivity index (χ2n) is 9.73. The molecule has 1 aliphatic heterocycles. The van der Waals surface area contributed by atoms with Gasteiger partial charge in [-0.05, 0) is 66.1 Å². The molecule has 2 N–H and O–H groups in total. The summed E-state index contributed by atoms with van der Waals surface area (Å²) in [6.07, 6.45) is 1.95. The number of hydrogen-bond acceptors (Lipinski definition) is 7. The minimum atomic E-state index is -0.529. The molecular formula is C34H29ClN2O5. The van der Waals surface area contributed by atoms with Crippen molar-refractivity contribution in [1.29, 1.82) is 5.26 Å². The first-order valence-electron chi connectivity index (χ1n) is 13.6. The Kier molecular flexibility index (Phi) is 8.96. The van der Waals surface area contributed by atoms with Crippen molar-refractivity contribution in [2.75, 3.05) is 6.61 Å². The maximum absolute atomic E-state index is 12.9. The minimum Gasteiger partial charge on any atom is -0.494 e. The van der Waals surface area contributed by atoms with Crippen LogP contribution in [0.1, 0.15) is 52.7 Å². The van der Waals surface area contributed by atoms with Crippen molar-refractivity contribution in [2.24, 2.45) is 5.73 Å². The highest BCUT2D eigenvalue weighted by Gasteiger charge is 2.31. The largest absolute Gasteiger partial charge is 0.494 e. The van der Waals surface area contributed by atoms with Crippen molar-refractivity contribution in [3.05, 3.63) is 130 Å². The first kappa shape index (κ1) is 28.6. The molecule has 42 heavy (non-hydrogen) atoms. The molecule has 0 aliphatic carbocycles. The third-order valence-electron chi connectivity index (χ3n) is 6.77. The smallest absolute Gasteiger partial charge is 0.343 e. The van der Waals surface area contributed by atoms with Crippen molar-refractivity contribution in [3.8, 4) is 29.1 Å². The third-order valence-corrected chi connectivity index (χ3v) is 7.02. The predicted octanol–water partition coefficient (Wildman–Crippen LogP) is 7.54. The maximum Gasteiger partial charge on any atom is 0.343 e. The summed E-state index contributed by atoms with van der Waals surface area (Å²) >= 11 is 5.96. The summed E-state index contributed by atoms with van der Waals surface area (Å²) in [5.41, 5.74) is 9.39. The molecule has 0 bridgehead atoms. The van der Waals surface area contributed by atoms with Crippen LogP contribution < -0.4 is 24.7 Å². The van der Waals surface area contributed by atoms with Gasteiger partial charge in [-0.25, -0.2) is 4.79 Å². The average Bonchev–Trinajstić information content (AvgIpc) is 3.00. The van der Waals surface area contributed by atoms with E-state index < -0.39 is 11.9 Å². The van der Waals surface area contributed by atoms with Crippen molar-refractivity contribution in [3.63, 3.8) is 0 Å². The zero-order valence-corrected chi connectivity index (χ0v) is 23.8. The van der Waals surface area contributed by atoms with Crippen LogP contribution in [0.5, 0.6) is 23.0 Å². The molecule has 1 heterocycles. The summed E-state index contributed by atoms with van der Waals surface area (Å²) in [5.74, 6) is 0.981. The molecule has 4 aromatic rings. The number of nitriles is 1. The van der Waals surface area contributed by atoms with E-state index in [4.69, 9.17) is 36.3 Å². The number of nitrogens with two attached hydrogens (primary N) is 1. The van der Waals surface area contributed by atoms with E-state index in [1.165, 1.54) is 0 Å². The van der Waals surface area contributed by atoms with Crippen LogP contribution in [0.2, 0.25) is 5.02 Å². The first-order chi connectivity index (χ1) is 20.4. The second-order valence-corrected chi connectivity index (χ2v) is 10.2. The SMILES string of the molecule is CCCCOc1cccc(C(=O)Oc2ccc3c(c2)OC(N)=C(C#N)C3c2ccc(OCc3ccc(Cl)cc3)cc2)c1. The van der Waals surface area contributed by atoms with E-state index in [1.807, 2.05) is 48.5 Å². The quantitative estimate of drug-likeness (QED) is 0.117. The molecule has 0 amide bonds. The number of benzene rings is 4.